The van der Waals surface area contributed by atoms with Crippen molar-refractivity contribution in [1.29, 1.82) is 0 Å². The van der Waals surface area contributed by atoms with Gasteiger partial charge in [-0.05, 0) is 61.7 Å². The van der Waals surface area contributed by atoms with Gasteiger partial charge in [-0.2, -0.15) is 0 Å². The predicted octanol–water partition coefficient (Wildman–Crippen LogP) is 1.61. The quantitative estimate of drug-likeness (QED) is 0.771. The first-order chi connectivity index (χ1) is 7.66. The number of nitrogens with zero attached hydrogens (tertiary/aromatic N) is 4. The van der Waals surface area contributed by atoms with Crippen molar-refractivity contribution in [2.75, 3.05) is 32.1 Å². The summed E-state index contributed by atoms with van der Waals surface area (Å²) in [5.41, 5.74) is 0. The van der Waals surface area contributed by atoms with Gasteiger partial charge in [0.15, 0.2) is 5.82 Å². The first-order valence-electron chi connectivity index (χ1n) is 5.57. The zero-order chi connectivity index (χ0) is 11.5. The van der Waals surface area contributed by atoms with Crippen molar-refractivity contribution < 1.29 is 0 Å². The van der Waals surface area contributed by atoms with Crippen LogP contribution in [0.1, 0.15) is 12.8 Å². The summed E-state index contributed by atoms with van der Waals surface area (Å²) >= 11 is 2.18. The summed E-state index contributed by atoms with van der Waals surface area (Å²) in [6, 6.07) is 4.79. The van der Waals surface area contributed by atoms with Gasteiger partial charge in [-0.1, -0.05) is 0 Å². The summed E-state index contributed by atoms with van der Waals surface area (Å²) in [5, 5.41) is 8.32. The molecule has 0 aliphatic carbocycles. The minimum atomic E-state index is 0.716. The van der Waals surface area contributed by atoms with Crippen molar-refractivity contribution in [3.63, 3.8) is 0 Å². The largest absolute Gasteiger partial charge is 0.355 e. The van der Waals surface area contributed by atoms with E-state index >= 15 is 0 Å². The fraction of sp³-hybridized carbons (Fsp3) is 0.636. The smallest absolute Gasteiger partial charge is 0.151 e. The minimum Gasteiger partial charge on any atom is -0.355 e. The van der Waals surface area contributed by atoms with Crippen molar-refractivity contribution in [2.45, 2.75) is 18.9 Å². The summed E-state index contributed by atoms with van der Waals surface area (Å²) in [6.07, 6.45) is 2.42. The molecule has 5 heteroatoms. The van der Waals surface area contributed by atoms with Gasteiger partial charge in [-0.3, -0.25) is 0 Å². The van der Waals surface area contributed by atoms with Gasteiger partial charge in [-0.15, -0.1) is 10.2 Å². The van der Waals surface area contributed by atoms with Crippen molar-refractivity contribution in [2.24, 2.45) is 0 Å². The van der Waals surface area contributed by atoms with Crippen LogP contribution in [0.3, 0.4) is 0 Å². The lowest BCUT2D eigenvalue weighted by molar-refractivity contribution is 0.249. The molecule has 16 heavy (non-hydrogen) atoms. The normalized spacial score (nSPS) is 18.1. The van der Waals surface area contributed by atoms with E-state index in [2.05, 4.69) is 62.7 Å². The number of piperidine rings is 1. The third kappa shape index (κ3) is 2.82. The molecule has 1 fully saturated rings. The lowest BCUT2D eigenvalue weighted by Crippen LogP contribution is -2.42. The number of halogens is 1. The Bertz CT molecular complexity index is 330. The van der Waals surface area contributed by atoms with Gasteiger partial charge in [-0.25, -0.2) is 0 Å². The topological polar surface area (TPSA) is 32.3 Å². The summed E-state index contributed by atoms with van der Waals surface area (Å²) < 4.78 is 0.949. The van der Waals surface area contributed by atoms with E-state index in [1.807, 2.05) is 6.07 Å². The van der Waals surface area contributed by atoms with Crippen molar-refractivity contribution in [1.82, 2.24) is 15.1 Å². The molecule has 0 atom stereocenters. The number of anilines is 1. The van der Waals surface area contributed by atoms with Crippen LogP contribution in [0.2, 0.25) is 0 Å². The standard InChI is InChI=1S/C11H17IN4/c1-15(2)9-5-7-16(8-6-9)11-4-3-10(12)13-14-11/h3-4,9H,5-8H2,1-2H3. The van der Waals surface area contributed by atoms with Crippen LogP contribution in [0, 0.1) is 3.70 Å². The molecule has 0 amide bonds. The molecule has 1 saturated heterocycles. The maximum Gasteiger partial charge on any atom is 0.151 e. The molecule has 4 nitrogen and oxygen atoms in total. The molecular formula is C11H17IN4. The van der Waals surface area contributed by atoms with Crippen LogP contribution in [0.4, 0.5) is 5.82 Å². The Morgan fingerprint density at radius 1 is 1.25 bits per heavy atom. The van der Waals surface area contributed by atoms with Gasteiger partial charge in [0.2, 0.25) is 0 Å². The minimum absolute atomic E-state index is 0.716. The summed E-state index contributed by atoms with van der Waals surface area (Å²) in [7, 11) is 4.32. The maximum absolute atomic E-state index is 4.23. The molecule has 0 N–H and O–H groups in total. The van der Waals surface area contributed by atoms with E-state index in [0.29, 0.717) is 6.04 Å². The third-order valence-electron chi connectivity index (χ3n) is 3.14. The van der Waals surface area contributed by atoms with Gasteiger partial charge in [0.25, 0.3) is 0 Å². The third-order valence-corrected chi connectivity index (χ3v) is 3.71. The molecule has 0 spiro atoms. The molecule has 2 heterocycles. The van der Waals surface area contributed by atoms with Crippen LogP contribution in [0.15, 0.2) is 12.1 Å². The van der Waals surface area contributed by atoms with Crippen LogP contribution in [0.5, 0.6) is 0 Å². The first-order valence-corrected chi connectivity index (χ1v) is 6.65. The highest BCUT2D eigenvalue weighted by molar-refractivity contribution is 14.1. The highest BCUT2D eigenvalue weighted by atomic mass is 127. The highest BCUT2D eigenvalue weighted by Crippen LogP contribution is 2.19. The fourth-order valence-corrected chi connectivity index (χ4v) is 2.38. The molecule has 1 aromatic heterocycles. The molecule has 1 aromatic rings. The van der Waals surface area contributed by atoms with Crippen LogP contribution < -0.4 is 4.90 Å². The Kier molecular flexibility index (Phi) is 3.96. The molecule has 0 aromatic carbocycles. The summed E-state index contributed by atoms with van der Waals surface area (Å²) in [4.78, 5) is 4.64. The first kappa shape index (κ1) is 12.0. The van der Waals surface area contributed by atoms with Crippen molar-refractivity contribution in [3.05, 3.63) is 15.8 Å². The van der Waals surface area contributed by atoms with E-state index in [9.17, 15) is 0 Å². The molecule has 1 aliphatic heterocycles. The zero-order valence-electron chi connectivity index (χ0n) is 9.73. The SMILES string of the molecule is CN(C)C1CCN(c2ccc(I)nn2)CC1. The molecule has 2 rings (SSSR count). The molecule has 0 unspecified atom stereocenters. The van der Waals surface area contributed by atoms with Gasteiger partial charge < -0.3 is 9.80 Å². The Hall–Kier alpha value is -0.430. The van der Waals surface area contributed by atoms with Gasteiger partial charge >= 0.3 is 0 Å². The van der Waals surface area contributed by atoms with Crippen LogP contribution in [-0.2, 0) is 0 Å². The van der Waals surface area contributed by atoms with E-state index in [1.54, 1.807) is 0 Å². The second kappa shape index (κ2) is 5.27. The highest BCUT2D eigenvalue weighted by Gasteiger charge is 2.21. The molecule has 0 bridgehead atoms. The Morgan fingerprint density at radius 2 is 1.94 bits per heavy atom. The monoisotopic (exact) mass is 332 g/mol. The van der Waals surface area contributed by atoms with Gasteiger partial charge in [0.05, 0.1) is 0 Å². The predicted molar refractivity (Wildman–Crippen MR) is 73.7 cm³/mol. The zero-order valence-corrected chi connectivity index (χ0v) is 11.9. The van der Waals surface area contributed by atoms with Crippen LogP contribution in [-0.4, -0.2) is 48.3 Å². The molecule has 0 radical (unpaired) electrons. The molecule has 88 valence electrons. The Morgan fingerprint density at radius 3 is 2.44 bits per heavy atom. The van der Waals surface area contributed by atoms with E-state index < -0.39 is 0 Å². The lowest BCUT2D eigenvalue weighted by atomic mass is 10.0. The molecular weight excluding hydrogens is 315 g/mol. The van der Waals surface area contributed by atoms with Crippen LogP contribution in [0.25, 0.3) is 0 Å². The molecule has 0 saturated carbocycles. The average Bonchev–Trinajstić information content (AvgIpc) is 2.30. The number of aromatic nitrogens is 2. The average molecular weight is 332 g/mol. The van der Waals surface area contributed by atoms with E-state index in [4.69, 9.17) is 0 Å². The molecule has 1 aliphatic rings. The summed E-state index contributed by atoms with van der Waals surface area (Å²) in [5.74, 6) is 1.01. The second-order valence-electron chi connectivity index (χ2n) is 4.40. The van der Waals surface area contributed by atoms with Gasteiger partial charge in [0.1, 0.15) is 3.70 Å². The Balaban J connectivity index is 1.96. The fourth-order valence-electron chi connectivity index (χ4n) is 2.09. The van der Waals surface area contributed by atoms with E-state index in [0.717, 1.165) is 22.6 Å². The lowest BCUT2D eigenvalue weighted by Gasteiger charge is -2.35. The second-order valence-corrected chi connectivity index (χ2v) is 5.50. The van der Waals surface area contributed by atoms with Crippen molar-refractivity contribution in [3.8, 4) is 0 Å². The van der Waals surface area contributed by atoms with Crippen molar-refractivity contribution >= 4 is 28.4 Å². The number of rotatable bonds is 2. The van der Waals surface area contributed by atoms with Crippen LogP contribution >= 0.6 is 22.6 Å². The summed E-state index contributed by atoms with van der Waals surface area (Å²) in [6.45, 7) is 2.16. The number of hydrogen-bond donors (Lipinski definition) is 0. The van der Waals surface area contributed by atoms with E-state index in [1.165, 1.54) is 12.8 Å². The Labute approximate surface area is 110 Å². The number of hydrogen-bond acceptors (Lipinski definition) is 4. The van der Waals surface area contributed by atoms with E-state index in [-0.39, 0.29) is 0 Å². The van der Waals surface area contributed by atoms with Gasteiger partial charge in [0, 0.05) is 19.1 Å². The maximum atomic E-state index is 4.23.